The highest BCUT2D eigenvalue weighted by atomic mass is 19.4. The molecule has 11 heteroatoms. The number of hydrogen-bond donors (Lipinski definition) is 5. The lowest BCUT2D eigenvalue weighted by atomic mass is 10.2. The number of rotatable bonds is 11. The fourth-order valence-corrected chi connectivity index (χ4v) is 1.81. The summed E-state index contributed by atoms with van der Waals surface area (Å²) in [7, 11) is 1.46. The van der Waals surface area contributed by atoms with Crippen molar-refractivity contribution in [3.8, 4) is 0 Å². The second-order valence-electron chi connectivity index (χ2n) is 5.57. The minimum atomic E-state index is -4.83. The molecule has 0 rings (SSSR count). The summed E-state index contributed by atoms with van der Waals surface area (Å²) in [6, 6.07) is -0.822. The van der Waals surface area contributed by atoms with Crippen LogP contribution in [0.15, 0.2) is 84.2 Å². The summed E-state index contributed by atoms with van der Waals surface area (Å²) >= 11 is 0. The van der Waals surface area contributed by atoms with Gasteiger partial charge in [0.25, 0.3) is 0 Å². The number of hydrogen-bond acceptors (Lipinski definition) is 5. The van der Waals surface area contributed by atoms with E-state index in [0.717, 1.165) is 12.4 Å². The number of halogens is 3. The van der Waals surface area contributed by atoms with Gasteiger partial charge in [-0.2, -0.15) is 13.2 Å². The van der Waals surface area contributed by atoms with Gasteiger partial charge in [0.15, 0.2) is 0 Å². The minimum absolute atomic E-state index is 0.0405. The Morgan fingerprint density at radius 3 is 2.41 bits per heavy atom. The quantitative estimate of drug-likeness (QED) is 0.141. The number of carbonyl (C=O) groups excluding carboxylic acids is 2. The number of amides is 3. The third kappa shape index (κ3) is 11.9. The highest BCUT2D eigenvalue weighted by Gasteiger charge is 2.34. The van der Waals surface area contributed by atoms with Gasteiger partial charge in [-0.25, -0.2) is 4.79 Å². The normalized spacial score (nSPS) is 13.8. The van der Waals surface area contributed by atoms with Gasteiger partial charge in [0.05, 0.1) is 5.57 Å². The SMILES string of the molecule is C=C/C(O)=C(\C=C\NC(=O)NC(/C=C\COC(/C=C/C(=O)NC)=C/C=N)=C/C)C(F)(F)F. The summed E-state index contributed by atoms with van der Waals surface area (Å²) in [6.07, 6.45) is 6.49. The van der Waals surface area contributed by atoms with Gasteiger partial charge in [-0.15, -0.1) is 0 Å². The number of aliphatic hydroxyl groups excluding tert-OH is 1. The third-order valence-electron chi connectivity index (χ3n) is 3.34. The molecule has 0 bridgehead atoms. The van der Waals surface area contributed by atoms with E-state index in [-0.39, 0.29) is 18.3 Å². The zero-order valence-electron chi connectivity index (χ0n) is 17.5. The van der Waals surface area contributed by atoms with Crippen LogP contribution in [0.2, 0.25) is 0 Å². The number of alkyl halides is 3. The Hall–Kier alpha value is -4.02. The zero-order chi connectivity index (χ0) is 24.6. The number of carbonyl (C=O) groups is 2. The average molecular weight is 454 g/mol. The fourth-order valence-electron chi connectivity index (χ4n) is 1.81. The summed E-state index contributed by atoms with van der Waals surface area (Å²) in [5.41, 5.74) is -1.05. The van der Waals surface area contributed by atoms with E-state index < -0.39 is 23.5 Å². The van der Waals surface area contributed by atoms with E-state index in [0.29, 0.717) is 17.8 Å². The van der Waals surface area contributed by atoms with Crippen LogP contribution in [-0.2, 0) is 9.53 Å². The summed E-state index contributed by atoms with van der Waals surface area (Å²) in [5.74, 6) is -1.17. The number of urea groups is 1. The van der Waals surface area contributed by atoms with E-state index in [9.17, 15) is 27.9 Å². The Bertz CT molecular complexity index is 867. The first-order valence-corrected chi connectivity index (χ1v) is 9.02. The first-order valence-electron chi connectivity index (χ1n) is 9.02. The molecule has 0 radical (unpaired) electrons. The molecule has 0 aliphatic heterocycles. The van der Waals surface area contributed by atoms with Crippen LogP contribution in [0.25, 0.3) is 0 Å². The van der Waals surface area contributed by atoms with Gasteiger partial charge in [-0.3, -0.25) is 4.79 Å². The molecule has 0 aliphatic carbocycles. The van der Waals surface area contributed by atoms with Gasteiger partial charge >= 0.3 is 12.2 Å². The monoisotopic (exact) mass is 454 g/mol. The lowest BCUT2D eigenvalue weighted by Gasteiger charge is -2.09. The smallest absolute Gasteiger partial charge is 0.420 e. The molecule has 0 aromatic heterocycles. The van der Waals surface area contributed by atoms with Crippen LogP contribution < -0.4 is 16.0 Å². The molecule has 174 valence electrons. The summed E-state index contributed by atoms with van der Waals surface area (Å²) in [5, 5.41) is 23.2. The molecule has 3 amide bonds. The molecule has 0 heterocycles. The van der Waals surface area contributed by atoms with Crippen LogP contribution in [-0.4, -0.2) is 43.1 Å². The van der Waals surface area contributed by atoms with Crippen molar-refractivity contribution in [1.82, 2.24) is 16.0 Å². The summed E-state index contributed by atoms with van der Waals surface area (Å²) in [6.45, 7) is 4.73. The number of allylic oxidation sites excluding steroid dienone is 7. The van der Waals surface area contributed by atoms with Gasteiger partial charge in [0.2, 0.25) is 5.91 Å². The first kappa shape index (κ1) is 28.0. The predicted octanol–water partition coefficient (Wildman–Crippen LogP) is 3.67. The molecule has 0 spiro atoms. The van der Waals surface area contributed by atoms with Gasteiger partial charge in [0, 0.05) is 31.2 Å². The van der Waals surface area contributed by atoms with Crippen molar-refractivity contribution in [3.05, 3.63) is 84.2 Å². The van der Waals surface area contributed by atoms with E-state index >= 15 is 0 Å². The van der Waals surface area contributed by atoms with Gasteiger partial charge in [0.1, 0.15) is 18.1 Å². The molecule has 0 unspecified atom stereocenters. The Labute approximate surface area is 183 Å². The standard InChI is InChI=1S/C21H25F3N4O4/c1-4-15(7-6-14-32-16(10-12-25)8-9-19(30)26-3)28-20(31)27-13-11-17(18(29)5-2)21(22,23)24/h4-13,25,29H,2,14H2,1,3H3,(H,26,30)(H2,27,28,31)/b7-6-,9-8+,13-11+,15-4+,16-10+,18-17-,25-12?. The van der Waals surface area contributed by atoms with Crippen LogP contribution in [0.5, 0.6) is 0 Å². The van der Waals surface area contributed by atoms with Crippen LogP contribution in [0, 0.1) is 5.41 Å². The van der Waals surface area contributed by atoms with Crippen LogP contribution in [0.4, 0.5) is 18.0 Å². The number of aliphatic hydroxyl groups is 1. The van der Waals surface area contributed by atoms with Crippen molar-refractivity contribution in [2.75, 3.05) is 13.7 Å². The third-order valence-corrected chi connectivity index (χ3v) is 3.34. The van der Waals surface area contributed by atoms with Gasteiger partial charge in [-0.05, 0) is 43.4 Å². The van der Waals surface area contributed by atoms with E-state index in [1.807, 2.05) is 0 Å². The zero-order valence-corrected chi connectivity index (χ0v) is 17.5. The lowest BCUT2D eigenvalue weighted by molar-refractivity contribution is -0.116. The molecule has 0 saturated heterocycles. The molecule has 32 heavy (non-hydrogen) atoms. The summed E-state index contributed by atoms with van der Waals surface area (Å²) < 4.78 is 43.8. The van der Waals surface area contributed by atoms with E-state index in [1.54, 1.807) is 6.92 Å². The Morgan fingerprint density at radius 1 is 1.19 bits per heavy atom. The Balaban J connectivity index is 4.87. The molecule has 0 aromatic carbocycles. The van der Waals surface area contributed by atoms with E-state index in [1.165, 1.54) is 43.5 Å². The Morgan fingerprint density at radius 2 is 1.88 bits per heavy atom. The Kier molecular flexibility index (Phi) is 13.0. The van der Waals surface area contributed by atoms with Crippen molar-refractivity contribution < 1.29 is 32.6 Å². The molecule has 0 fully saturated rings. The maximum atomic E-state index is 12.8. The second-order valence-corrected chi connectivity index (χ2v) is 5.57. The molecule has 0 atom stereocenters. The lowest BCUT2D eigenvalue weighted by Crippen LogP contribution is -2.31. The first-order chi connectivity index (χ1) is 15.1. The molecular weight excluding hydrogens is 429 g/mol. The molecule has 0 saturated carbocycles. The van der Waals surface area contributed by atoms with Crippen molar-refractivity contribution in [3.63, 3.8) is 0 Å². The van der Waals surface area contributed by atoms with Crippen LogP contribution >= 0.6 is 0 Å². The summed E-state index contributed by atoms with van der Waals surface area (Å²) in [4.78, 5) is 23.1. The maximum absolute atomic E-state index is 12.8. The molecule has 0 aliphatic rings. The maximum Gasteiger partial charge on any atom is 0.420 e. The predicted molar refractivity (Wildman–Crippen MR) is 116 cm³/mol. The number of ether oxygens (including phenoxy) is 1. The molecular formula is C21H25F3N4O4. The molecule has 0 aromatic rings. The van der Waals surface area contributed by atoms with Crippen molar-refractivity contribution >= 4 is 18.2 Å². The topological polar surface area (TPSA) is 124 Å². The van der Waals surface area contributed by atoms with Crippen molar-refractivity contribution in [2.24, 2.45) is 0 Å². The van der Waals surface area contributed by atoms with E-state index in [2.05, 4.69) is 22.5 Å². The number of likely N-dealkylation sites (N-methyl/N-ethyl adjacent to an activating group) is 1. The van der Waals surface area contributed by atoms with Gasteiger partial charge in [-0.1, -0.05) is 12.7 Å². The minimum Gasteiger partial charge on any atom is -0.507 e. The van der Waals surface area contributed by atoms with Gasteiger partial charge < -0.3 is 31.2 Å². The fraction of sp³-hybridized carbons (Fsp3) is 0.190. The average Bonchev–Trinajstić information content (AvgIpc) is 2.75. The van der Waals surface area contributed by atoms with Crippen molar-refractivity contribution in [2.45, 2.75) is 13.1 Å². The van der Waals surface area contributed by atoms with Crippen LogP contribution in [0.1, 0.15) is 6.92 Å². The second kappa shape index (κ2) is 14.9. The number of nitrogens with one attached hydrogen (secondary N) is 4. The highest BCUT2D eigenvalue weighted by Crippen LogP contribution is 2.28. The van der Waals surface area contributed by atoms with E-state index in [4.69, 9.17) is 10.1 Å². The largest absolute Gasteiger partial charge is 0.507 e. The van der Waals surface area contributed by atoms with Crippen molar-refractivity contribution in [1.29, 1.82) is 5.41 Å². The van der Waals surface area contributed by atoms with Crippen LogP contribution in [0.3, 0.4) is 0 Å². The highest BCUT2D eigenvalue weighted by molar-refractivity contribution is 5.87. The molecule has 8 nitrogen and oxygen atoms in total. The molecule has 5 N–H and O–H groups in total.